The summed E-state index contributed by atoms with van der Waals surface area (Å²) in [5.41, 5.74) is 0.718. The van der Waals surface area contributed by atoms with E-state index in [-0.39, 0.29) is 10.5 Å². The molecule has 2 rings (SSSR count). The quantitative estimate of drug-likeness (QED) is 0.668. The Bertz CT molecular complexity index is 979. The maximum absolute atomic E-state index is 13.3. The van der Waals surface area contributed by atoms with Gasteiger partial charge in [-0.3, -0.25) is 4.79 Å². The SMILES string of the molecule is CCOc1ccc(NC(=O)CN(C)S(=O)(=O)c2ccc(F)cc2C)cc1OCC. The first-order valence-corrected chi connectivity index (χ1v) is 10.5. The molecule has 0 aliphatic heterocycles. The fourth-order valence-corrected chi connectivity index (χ4v) is 4.02. The minimum atomic E-state index is -3.94. The van der Waals surface area contributed by atoms with Crippen molar-refractivity contribution in [1.29, 1.82) is 0 Å². The second-order valence-corrected chi connectivity index (χ2v) is 8.26. The monoisotopic (exact) mass is 424 g/mol. The summed E-state index contributed by atoms with van der Waals surface area (Å²) in [6.45, 7) is 5.67. The number of carbonyl (C=O) groups excluding carboxylic acids is 1. The van der Waals surface area contributed by atoms with E-state index in [1.54, 1.807) is 18.2 Å². The van der Waals surface area contributed by atoms with E-state index in [0.717, 1.165) is 16.4 Å². The van der Waals surface area contributed by atoms with Crippen molar-refractivity contribution in [1.82, 2.24) is 4.31 Å². The molecule has 0 aliphatic rings. The van der Waals surface area contributed by atoms with Crippen LogP contribution in [0.2, 0.25) is 0 Å². The van der Waals surface area contributed by atoms with Gasteiger partial charge < -0.3 is 14.8 Å². The Hall–Kier alpha value is -2.65. The van der Waals surface area contributed by atoms with Gasteiger partial charge in [0, 0.05) is 18.8 Å². The number of carbonyl (C=O) groups is 1. The van der Waals surface area contributed by atoms with Crippen LogP contribution in [0.5, 0.6) is 11.5 Å². The highest BCUT2D eigenvalue weighted by atomic mass is 32.2. The third kappa shape index (κ3) is 5.68. The molecule has 0 unspecified atom stereocenters. The smallest absolute Gasteiger partial charge is 0.243 e. The Labute approximate surface area is 170 Å². The van der Waals surface area contributed by atoms with E-state index in [1.165, 1.54) is 20.0 Å². The molecule has 158 valence electrons. The maximum atomic E-state index is 13.3. The van der Waals surface area contributed by atoms with Gasteiger partial charge in [-0.15, -0.1) is 0 Å². The van der Waals surface area contributed by atoms with Crippen LogP contribution in [-0.2, 0) is 14.8 Å². The minimum absolute atomic E-state index is 0.0473. The summed E-state index contributed by atoms with van der Waals surface area (Å²) in [7, 11) is -2.65. The Morgan fingerprint density at radius 3 is 2.34 bits per heavy atom. The van der Waals surface area contributed by atoms with Crippen molar-refractivity contribution in [2.45, 2.75) is 25.7 Å². The van der Waals surface area contributed by atoms with Gasteiger partial charge in [-0.25, -0.2) is 12.8 Å². The Morgan fingerprint density at radius 1 is 1.07 bits per heavy atom. The number of benzene rings is 2. The lowest BCUT2D eigenvalue weighted by Crippen LogP contribution is -2.35. The lowest BCUT2D eigenvalue weighted by atomic mass is 10.2. The number of nitrogens with zero attached hydrogens (tertiary/aromatic N) is 1. The number of amides is 1. The lowest BCUT2D eigenvalue weighted by Gasteiger charge is -2.18. The van der Waals surface area contributed by atoms with E-state index in [2.05, 4.69) is 5.32 Å². The molecule has 0 saturated heterocycles. The van der Waals surface area contributed by atoms with Crippen LogP contribution >= 0.6 is 0 Å². The molecule has 0 aliphatic carbocycles. The lowest BCUT2D eigenvalue weighted by molar-refractivity contribution is -0.116. The van der Waals surface area contributed by atoms with Crippen molar-refractivity contribution in [3.63, 3.8) is 0 Å². The molecule has 0 spiro atoms. The molecule has 0 atom stereocenters. The van der Waals surface area contributed by atoms with E-state index >= 15 is 0 Å². The third-order valence-electron chi connectivity index (χ3n) is 4.02. The third-order valence-corrected chi connectivity index (χ3v) is 5.98. The predicted octanol–water partition coefficient (Wildman–Crippen LogP) is 3.19. The van der Waals surface area contributed by atoms with Gasteiger partial charge in [-0.05, 0) is 56.7 Å². The molecule has 9 heteroatoms. The first-order chi connectivity index (χ1) is 13.7. The topological polar surface area (TPSA) is 84.9 Å². The van der Waals surface area contributed by atoms with Gasteiger partial charge in [0.15, 0.2) is 11.5 Å². The molecule has 1 amide bonds. The number of hydrogen-bond donors (Lipinski definition) is 1. The molecule has 1 N–H and O–H groups in total. The van der Waals surface area contributed by atoms with Crippen LogP contribution in [0.1, 0.15) is 19.4 Å². The number of halogens is 1. The number of anilines is 1. The number of nitrogens with one attached hydrogen (secondary N) is 1. The molecule has 0 bridgehead atoms. The molecule has 0 aromatic heterocycles. The summed E-state index contributed by atoms with van der Waals surface area (Å²) in [4.78, 5) is 12.3. The Kier molecular flexibility index (Phi) is 7.58. The fraction of sp³-hybridized carbons (Fsp3) is 0.350. The van der Waals surface area contributed by atoms with Crippen molar-refractivity contribution in [2.24, 2.45) is 0 Å². The van der Waals surface area contributed by atoms with Crippen LogP contribution in [-0.4, -0.2) is 45.4 Å². The highest BCUT2D eigenvalue weighted by molar-refractivity contribution is 7.89. The summed E-state index contributed by atoms with van der Waals surface area (Å²) >= 11 is 0. The van der Waals surface area contributed by atoms with Crippen LogP contribution in [0.25, 0.3) is 0 Å². The maximum Gasteiger partial charge on any atom is 0.243 e. The van der Waals surface area contributed by atoms with Crippen molar-refractivity contribution in [3.05, 3.63) is 47.8 Å². The summed E-state index contributed by atoms with van der Waals surface area (Å²) in [6, 6.07) is 8.33. The van der Waals surface area contributed by atoms with Crippen LogP contribution in [0.4, 0.5) is 10.1 Å². The fourth-order valence-electron chi connectivity index (χ4n) is 2.69. The second-order valence-electron chi connectivity index (χ2n) is 6.25. The Balaban J connectivity index is 2.12. The first kappa shape index (κ1) is 22.6. The largest absolute Gasteiger partial charge is 0.490 e. The normalized spacial score (nSPS) is 11.4. The highest BCUT2D eigenvalue weighted by Crippen LogP contribution is 2.30. The van der Waals surface area contributed by atoms with Gasteiger partial charge in [0.05, 0.1) is 24.7 Å². The Morgan fingerprint density at radius 2 is 1.72 bits per heavy atom. The van der Waals surface area contributed by atoms with Crippen LogP contribution in [0.3, 0.4) is 0 Å². The average molecular weight is 424 g/mol. The number of ether oxygens (including phenoxy) is 2. The van der Waals surface area contributed by atoms with Crippen molar-refractivity contribution >= 4 is 21.6 Å². The summed E-state index contributed by atoms with van der Waals surface area (Å²) in [5.74, 6) is -0.0150. The van der Waals surface area contributed by atoms with E-state index in [4.69, 9.17) is 9.47 Å². The molecule has 2 aromatic rings. The van der Waals surface area contributed by atoms with E-state index in [0.29, 0.717) is 30.4 Å². The van der Waals surface area contributed by atoms with Crippen molar-refractivity contribution < 1.29 is 27.1 Å². The van der Waals surface area contributed by atoms with Gasteiger partial charge in [0.2, 0.25) is 15.9 Å². The predicted molar refractivity (Wildman–Crippen MR) is 108 cm³/mol. The van der Waals surface area contributed by atoms with E-state index in [1.807, 2.05) is 13.8 Å². The molecule has 2 aromatic carbocycles. The van der Waals surface area contributed by atoms with Gasteiger partial charge in [0.1, 0.15) is 5.82 Å². The van der Waals surface area contributed by atoms with E-state index in [9.17, 15) is 17.6 Å². The molecule has 0 saturated carbocycles. The van der Waals surface area contributed by atoms with Crippen molar-refractivity contribution in [2.75, 3.05) is 32.1 Å². The van der Waals surface area contributed by atoms with Crippen LogP contribution < -0.4 is 14.8 Å². The zero-order chi connectivity index (χ0) is 21.6. The zero-order valence-corrected chi connectivity index (χ0v) is 17.7. The molecule has 0 radical (unpaired) electrons. The molecule has 29 heavy (non-hydrogen) atoms. The number of likely N-dealkylation sites (N-methyl/N-ethyl adjacent to an activating group) is 1. The van der Waals surface area contributed by atoms with Gasteiger partial charge in [0.25, 0.3) is 0 Å². The summed E-state index contributed by atoms with van der Waals surface area (Å²) < 4.78 is 50.6. The number of rotatable bonds is 9. The van der Waals surface area contributed by atoms with Crippen molar-refractivity contribution in [3.8, 4) is 11.5 Å². The molecule has 7 nitrogen and oxygen atoms in total. The molecule has 0 heterocycles. The molecular formula is C20H25FN2O5S. The van der Waals surface area contributed by atoms with Crippen LogP contribution in [0, 0.1) is 12.7 Å². The summed E-state index contributed by atoms with van der Waals surface area (Å²) in [5, 5.41) is 2.65. The second kappa shape index (κ2) is 9.71. The molecule has 0 fully saturated rings. The van der Waals surface area contributed by atoms with E-state index < -0.39 is 28.3 Å². The molecular weight excluding hydrogens is 399 g/mol. The van der Waals surface area contributed by atoms with Gasteiger partial charge in [-0.2, -0.15) is 4.31 Å². The van der Waals surface area contributed by atoms with Gasteiger partial charge >= 0.3 is 0 Å². The number of sulfonamides is 1. The standard InChI is InChI=1S/C20H25FN2O5S/c1-5-27-17-9-8-16(12-18(17)28-6-2)22-20(24)13-23(4)29(25,26)19-10-7-15(21)11-14(19)3/h7-12H,5-6,13H2,1-4H3,(H,22,24). The first-order valence-electron chi connectivity index (χ1n) is 9.11. The number of aryl methyl sites for hydroxylation is 1. The van der Waals surface area contributed by atoms with Gasteiger partial charge in [-0.1, -0.05) is 0 Å². The number of hydrogen-bond acceptors (Lipinski definition) is 5. The highest BCUT2D eigenvalue weighted by Gasteiger charge is 2.25. The summed E-state index contributed by atoms with van der Waals surface area (Å²) in [6.07, 6.45) is 0. The average Bonchev–Trinajstić information content (AvgIpc) is 2.63. The minimum Gasteiger partial charge on any atom is -0.490 e. The van der Waals surface area contributed by atoms with Crippen LogP contribution in [0.15, 0.2) is 41.3 Å². The zero-order valence-electron chi connectivity index (χ0n) is 16.9.